The molecule has 164 valence electrons. The number of hydrogen-bond donors (Lipinski definition) is 2. The second kappa shape index (κ2) is 9.32. The molecule has 0 aliphatic carbocycles. The van der Waals surface area contributed by atoms with Crippen LogP contribution in [0.4, 0.5) is 0 Å². The SMILES string of the molecule is CN(C)Cc1ccc(CSCCN=C2NS(=O)(=O)c3cc(S(N)(=O)=O)ccc3S2)o1. The molecule has 2 heterocycles. The second-order valence-corrected chi connectivity index (χ2v) is 12.1. The van der Waals surface area contributed by atoms with E-state index in [0.29, 0.717) is 22.9 Å². The van der Waals surface area contributed by atoms with E-state index in [9.17, 15) is 16.8 Å². The summed E-state index contributed by atoms with van der Waals surface area (Å²) in [6.07, 6.45) is 0. The van der Waals surface area contributed by atoms with Gasteiger partial charge in [0.2, 0.25) is 10.0 Å². The molecule has 0 fully saturated rings. The van der Waals surface area contributed by atoms with Crippen molar-refractivity contribution in [3.05, 3.63) is 41.9 Å². The van der Waals surface area contributed by atoms with E-state index in [4.69, 9.17) is 9.56 Å². The number of amidine groups is 1. The van der Waals surface area contributed by atoms with Crippen LogP contribution in [-0.2, 0) is 32.3 Å². The summed E-state index contributed by atoms with van der Waals surface area (Å²) >= 11 is 2.77. The summed E-state index contributed by atoms with van der Waals surface area (Å²) in [5.74, 6) is 3.19. The lowest BCUT2D eigenvalue weighted by Gasteiger charge is -2.19. The standard InChI is InChI=1S/C17H22N4O5S4/c1-21(2)10-12-3-4-13(26-12)11-27-8-7-19-17-20-30(24,25)16-9-14(29(18,22)23)5-6-15(16)28-17/h3-6,9H,7-8,10-11H2,1-2H3,(H,19,20)(H2,18,22,23). The quantitative estimate of drug-likeness (QED) is 0.534. The van der Waals surface area contributed by atoms with Crippen molar-refractivity contribution in [2.24, 2.45) is 10.1 Å². The molecule has 0 spiro atoms. The first-order chi connectivity index (χ1) is 14.0. The molecule has 9 nitrogen and oxygen atoms in total. The third-order valence-electron chi connectivity index (χ3n) is 3.89. The Bertz CT molecular complexity index is 1160. The van der Waals surface area contributed by atoms with E-state index in [1.165, 1.54) is 12.1 Å². The van der Waals surface area contributed by atoms with Gasteiger partial charge in [-0.05, 0) is 44.4 Å². The average molecular weight is 491 g/mol. The zero-order chi connectivity index (χ0) is 21.9. The Morgan fingerprint density at radius 3 is 2.67 bits per heavy atom. The molecule has 30 heavy (non-hydrogen) atoms. The number of nitrogens with two attached hydrogens (primary N) is 1. The van der Waals surface area contributed by atoms with E-state index < -0.39 is 20.0 Å². The van der Waals surface area contributed by atoms with Gasteiger partial charge in [-0.15, -0.1) is 0 Å². The van der Waals surface area contributed by atoms with Gasteiger partial charge in [-0.2, -0.15) is 11.8 Å². The summed E-state index contributed by atoms with van der Waals surface area (Å²) in [5, 5.41) is 5.33. The van der Waals surface area contributed by atoms with Gasteiger partial charge in [0.05, 0.1) is 23.7 Å². The first-order valence-corrected chi connectivity index (χ1v) is 13.8. The van der Waals surface area contributed by atoms with Crippen LogP contribution in [0.5, 0.6) is 0 Å². The van der Waals surface area contributed by atoms with Gasteiger partial charge < -0.3 is 9.32 Å². The van der Waals surface area contributed by atoms with Gasteiger partial charge in [-0.25, -0.2) is 22.0 Å². The Labute approximate surface area is 184 Å². The summed E-state index contributed by atoms with van der Waals surface area (Å²) in [6, 6.07) is 7.67. The molecular formula is C17H22N4O5S4. The maximum atomic E-state index is 12.5. The molecule has 2 aromatic rings. The first-order valence-electron chi connectivity index (χ1n) is 8.76. The Kier molecular flexibility index (Phi) is 7.20. The van der Waals surface area contributed by atoms with E-state index in [2.05, 4.69) is 9.71 Å². The maximum Gasteiger partial charge on any atom is 0.264 e. The zero-order valence-electron chi connectivity index (χ0n) is 16.4. The second-order valence-electron chi connectivity index (χ2n) is 6.71. The molecule has 0 saturated heterocycles. The highest BCUT2D eigenvalue weighted by Crippen LogP contribution is 2.33. The van der Waals surface area contributed by atoms with E-state index in [0.717, 1.165) is 35.9 Å². The lowest BCUT2D eigenvalue weighted by molar-refractivity contribution is 0.344. The Balaban J connectivity index is 1.57. The van der Waals surface area contributed by atoms with E-state index in [-0.39, 0.29) is 15.0 Å². The monoisotopic (exact) mass is 490 g/mol. The molecule has 0 bridgehead atoms. The highest BCUT2D eigenvalue weighted by Gasteiger charge is 2.29. The number of aliphatic imine (C=N–C) groups is 1. The zero-order valence-corrected chi connectivity index (χ0v) is 19.6. The van der Waals surface area contributed by atoms with Crippen LogP contribution in [0.25, 0.3) is 0 Å². The lowest BCUT2D eigenvalue weighted by Crippen LogP contribution is -2.33. The highest BCUT2D eigenvalue weighted by molar-refractivity contribution is 8.16. The number of benzene rings is 1. The Morgan fingerprint density at radius 1 is 1.23 bits per heavy atom. The number of nitrogens with one attached hydrogen (secondary N) is 1. The van der Waals surface area contributed by atoms with Crippen LogP contribution >= 0.6 is 23.5 Å². The van der Waals surface area contributed by atoms with Crippen molar-refractivity contribution in [1.29, 1.82) is 0 Å². The summed E-state index contributed by atoms with van der Waals surface area (Å²) in [5.41, 5.74) is 0. The molecule has 1 aromatic carbocycles. The smallest absolute Gasteiger partial charge is 0.264 e. The fraction of sp³-hybridized carbons (Fsp3) is 0.353. The third-order valence-corrected chi connectivity index (χ3v) is 8.39. The van der Waals surface area contributed by atoms with Crippen molar-refractivity contribution in [3.8, 4) is 0 Å². The van der Waals surface area contributed by atoms with E-state index in [1.54, 1.807) is 11.8 Å². The number of hydrogen-bond acceptors (Lipinski definition) is 9. The molecule has 0 radical (unpaired) electrons. The third kappa shape index (κ3) is 6.02. The largest absolute Gasteiger partial charge is 0.464 e. The topological polar surface area (TPSA) is 135 Å². The highest BCUT2D eigenvalue weighted by atomic mass is 32.2. The average Bonchev–Trinajstić information content (AvgIpc) is 3.06. The molecular weight excluding hydrogens is 468 g/mol. The fourth-order valence-electron chi connectivity index (χ4n) is 2.60. The van der Waals surface area contributed by atoms with Crippen molar-refractivity contribution in [1.82, 2.24) is 9.62 Å². The van der Waals surface area contributed by atoms with Crippen molar-refractivity contribution >= 4 is 48.7 Å². The van der Waals surface area contributed by atoms with Gasteiger partial charge in [-0.3, -0.25) is 9.71 Å². The van der Waals surface area contributed by atoms with Crippen molar-refractivity contribution < 1.29 is 21.3 Å². The summed E-state index contributed by atoms with van der Waals surface area (Å²) in [6.45, 7) is 1.17. The van der Waals surface area contributed by atoms with Crippen LogP contribution in [-0.4, -0.2) is 53.3 Å². The van der Waals surface area contributed by atoms with Crippen LogP contribution in [0.1, 0.15) is 11.5 Å². The minimum atomic E-state index is -3.99. The molecule has 0 amide bonds. The number of fused-ring (bicyclic) bond motifs is 1. The number of nitrogens with zero attached hydrogens (tertiary/aromatic N) is 2. The number of primary sulfonamides is 1. The van der Waals surface area contributed by atoms with Gasteiger partial charge in [0, 0.05) is 10.6 Å². The molecule has 1 aliphatic heterocycles. The van der Waals surface area contributed by atoms with Crippen LogP contribution in [0.15, 0.2) is 54.4 Å². The van der Waals surface area contributed by atoms with Gasteiger partial charge in [0.25, 0.3) is 10.0 Å². The number of thioether (sulfide) groups is 2. The van der Waals surface area contributed by atoms with Crippen LogP contribution in [0.2, 0.25) is 0 Å². The van der Waals surface area contributed by atoms with Gasteiger partial charge in [0.1, 0.15) is 16.4 Å². The van der Waals surface area contributed by atoms with Gasteiger partial charge in [-0.1, -0.05) is 11.8 Å². The molecule has 0 saturated carbocycles. The first kappa shape index (κ1) is 23.2. The predicted molar refractivity (Wildman–Crippen MR) is 119 cm³/mol. The molecule has 13 heteroatoms. The minimum absolute atomic E-state index is 0.126. The number of rotatable bonds is 8. The van der Waals surface area contributed by atoms with Crippen molar-refractivity contribution in [3.63, 3.8) is 0 Å². The predicted octanol–water partition coefficient (Wildman–Crippen LogP) is 1.66. The van der Waals surface area contributed by atoms with Gasteiger partial charge in [0.15, 0.2) is 5.17 Å². The molecule has 0 unspecified atom stereocenters. The lowest BCUT2D eigenvalue weighted by atomic mass is 10.4. The summed E-state index contributed by atoms with van der Waals surface area (Å²) < 4.78 is 56.0. The van der Waals surface area contributed by atoms with Crippen molar-refractivity contribution in [2.75, 3.05) is 26.4 Å². The van der Waals surface area contributed by atoms with Crippen LogP contribution < -0.4 is 9.86 Å². The fourth-order valence-corrected chi connectivity index (χ4v) is 6.56. The molecule has 0 atom stereocenters. The summed E-state index contributed by atoms with van der Waals surface area (Å²) in [4.78, 5) is 6.36. The minimum Gasteiger partial charge on any atom is -0.464 e. The van der Waals surface area contributed by atoms with Crippen LogP contribution in [0, 0.1) is 0 Å². The normalized spacial score (nSPS) is 17.1. The van der Waals surface area contributed by atoms with Crippen molar-refractivity contribution in [2.45, 2.75) is 27.0 Å². The van der Waals surface area contributed by atoms with E-state index in [1.807, 2.05) is 31.1 Å². The molecule has 3 N–H and O–H groups in total. The number of furan rings is 1. The Hall–Kier alpha value is -1.51. The van der Waals surface area contributed by atoms with Gasteiger partial charge >= 0.3 is 0 Å². The molecule has 1 aliphatic rings. The van der Waals surface area contributed by atoms with Crippen LogP contribution in [0.3, 0.4) is 0 Å². The summed E-state index contributed by atoms with van der Waals surface area (Å²) in [7, 11) is -3.95. The number of sulfonamides is 2. The molecule has 3 rings (SSSR count). The van der Waals surface area contributed by atoms with E-state index >= 15 is 0 Å². The maximum absolute atomic E-state index is 12.5. The molecule has 1 aromatic heterocycles. The Morgan fingerprint density at radius 2 is 1.97 bits per heavy atom.